The van der Waals surface area contributed by atoms with Gasteiger partial charge in [-0.15, -0.1) is 11.3 Å². The van der Waals surface area contributed by atoms with Crippen LogP contribution in [-0.4, -0.2) is 4.98 Å². The Bertz CT molecular complexity index is 535. The largest absolute Gasteiger partial charge is 0.241 e. The van der Waals surface area contributed by atoms with E-state index < -0.39 is 0 Å². The second-order valence-corrected chi connectivity index (χ2v) is 4.92. The summed E-state index contributed by atoms with van der Waals surface area (Å²) in [6, 6.07) is 2.21. The summed E-state index contributed by atoms with van der Waals surface area (Å²) in [6.45, 7) is 10.1. The monoisotopic (exact) mass is 216 g/mol. The first kappa shape index (κ1) is 10.4. The maximum absolute atomic E-state index is 4.58. The van der Waals surface area contributed by atoms with Gasteiger partial charge in [-0.2, -0.15) is 0 Å². The molecule has 0 N–H and O–H groups in total. The van der Waals surface area contributed by atoms with Gasteiger partial charge in [0.05, 0.1) is 15.2 Å². The molecule has 2 heteroatoms. The molecule has 0 saturated heterocycles. The topological polar surface area (TPSA) is 12.9 Å². The Kier molecular flexibility index (Phi) is 2.61. The van der Waals surface area contributed by atoms with Crippen LogP contribution in [0.5, 0.6) is 0 Å². The van der Waals surface area contributed by atoms with Crippen LogP contribution < -0.4 is 0 Å². The number of thiazole rings is 1. The lowest BCUT2D eigenvalue weighted by molar-refractivity contribution is 1.29. The molecule has 0 unspecified atom stereocenters. The van der Waals surface area contributed by atoms with Crippen molar-refractivity contribution in [2.45, 2.75) is 20.8 Å². The van der Waals surface area contributed by atoms with E-state index in [2.05, 4.69) is 38.7 Å². The summed E-state index contributed by atoms with van der Waals surface area (Å²) in [5.74, 6) is 0. The van der Waals surface area contributed by atoms with Gasteiger partial charge in [-0.3, -0.25) is 0 Å². The molecule has 77 valence electrons. The highest BCUT2D eigenvalue weighted by atomic mass is 32.1. The molecule has 0 aliphatic heterocycles. The molecule has 1 nitrogen and oxygen atoms in total. The molecule has 2 rings (SSSR count). The maximum atomic E-state index is 4.58. The highest BCUT2D eigenvalue weighted by Crippen LogP contribution is 2.30. The van der Waals surface area contributed by atoms with E-state index in [-0.39, 0.29) is 0 Å². The predicted octanol–water partition coefficient (Wildman–Crippen LogP) is 4.07. The van der Waals surface area contributed by atoms with Gasteiger partial charge in [-0.1, -0.05) is 18.2 Å². The number of hydrogen-bond acceptors (Lipinski definition) is 2. The summed E-state index contributed by atoms with van der Waals surface area (Å²) in [5, 5.41) is 1.12. The number of aryl methyl sites for hydroxylation is 3. The first-order chi connectivity index (χ1) is 7.13. The van der Waals surface area contributed by atoms with Crippen LogP contribution in [0.1, 0.15) is 21.7 Å². The van der Waals surface area contributed by atoms with Gasteiger partial charge < -0.3 is 0 Å². The third kappa shape index (κ3) is 1.70. The fourth-order valence-electron chi connectivity index (χ4n) is 1.72. The number of hydrogen-bond donors (Lipinski definition) is 0. The third-order valence-electron chi connectivity index (χ3n) is 2.61. The van der Waals surface area contributed by atoms with Crippen molar-refractivity contribution in [3.05, 3.63) is 40.8 Å². The van der Waals surface area contributed by atoms with E-state index >= 15 is 0 Å². The number of rotatable bonds is 1. The Balaban J connectivity index is 2.87. The van der Waals surface area contributed by atoms with Crippen molar-refractivity contribution in [3.63, 3.8) is 0 Å². The van der Waals surface area contributed by atoms with Gasteiger partial charge >= 0.3 is 0 Å². The molecule has 0 spiro atoms. The first-order valence-corrected chi connectivity index (χ1v) is 5.78. The second-order valence-electron chi connectivity index (χ2n) is 3.72. The first-order valence-electron chi connectivity index (χ1n) is 4.96. The summed E-state index contributed by atoms with van der Waals surface area (Å²) in [6.07, 6.45) is 3.88. The van der Waals surface area contributed by atoms with E-state index in [1.165, 1.54) is 21.4 Å². The lowest BCUT2D eigenvalue weighted by Crippen LogP contribution is -1.85. The van der Waals surface area contributed by atoms with Crippen LogP contribution in [0.4, 0.5) is 0 Å². The van der Waals surface area contributed by atoms with Gasteiger partial charge in [-0.25, -0.2) is 4.98 Å². The number of fused-ring (bicyclic) bond motifs is 1. The minimum absolute atomic E-state index is 1.12. The Morgan fingerprint density at radius 1 is 1.33 bits per heavy atom. The van der Waals surface area contributed by atoms with Gasteiger partial charge in [0.15, 0.2) is 0 Å². The van der Waals surface area contributed by atoms with Crippen molar-refractivity contribution in [3.8, 4) is 0 Å². The zero-order valence-corrected chi connectivity index (χ0v) is 10.1. The molecule has 1 aromatic carbocycles. The Morgan fingerprint density at radius 3 is 2.73 bits per heavy atom. The number of allylic oxidation sites excluding steroid dienone is 1. The van der Waals surface area contributed by atoms with Crippen LogP contribution in [0.2, 0.25) is 0 Å². The van der Waals surface area contributed by atoms with Crippen molar-refractivity contribution in [2.24, 2.45) is 0 Å². The van der Waals surface area contributed by atoms with Gasteiger partial charge in [0, 0.05) is 0 Å². The van der Waals surface area contributed by atoms with Crippen molar-refractivity contribution in [1.82, 2.24) is 4.98 Å². The zero-order valence-electron chi connectivity index (χ0n) is 9.29. The lowest BCUT2D eigenvalue weighted by atomic mass is 10.0. The Labute approximate surface area is 94.5 Å². The fraction of sp³-hybridized carbons (Fsp3) is 0.231. The quantitative estimate of drug-likeness (QED) is 0.700. The molecule has 0 saturated carbocycles. The molecule has 0 atom stereocenters. The van der Waals surface area contributed by atoms with Gasteiger partial charge in [-0.05, 0) is 44.4 Å². The molecule has 0 fully saturated rings. The average Bonchev–Trinajstić information content (AvgIpc) is 2.57. The Hall–Kier alpha value is -1.15. The molecule has 0 bridgehead atoms. The minimum Gasteiger partial charge on any atom is -0.241 e. The smallest absolute Gasteiger partial charge is 0.0908 e. The summed E-state index contributed by atoms with van der Waals surface area (Å²) in [5.41, 5.74) is 4.95. The summed E-state index contributed by atoms with van der Waals surface area (Å²) >= 11 is 1.75. The van der Waals surface area contributed by atoms with Crippen molar-refractivity contribution in [1.29, 1.82) is 0 Å². The van der Waals surface area contributed by atoms with E-state index in [1.54, 1.807) is 11.3 Å². The molecule has 0 amide bonds. The van der Waals surface area contributed by atoms with Gasteiger partial charge in [0.1, 0.15) is 0 Å². The molecule has 1 heterocycles. The summed E-state index contributed by atoms with van der Waals surface area (Å²) in [4.78, 5) is 4.58. The predicted molar refractivity (Wildman–Crippen MR) is 68.2 cm³/mol. The zero-order chi connectivity index (χ0) is 11.0. The average molecular weight is 216 g/mol. The Morgan fingerprint density at radius 2 is 2.07 bits per heavy atom. The summed E-state index contributed by atoms with van der Waals surface area (Å²) < 4.78 is 1.27. The van der Waals surface area contributed by atoms with E-state index in [0.717, 1.165) is 10.5 Å². The lowest BCUT2D eigenvalue weighted by Gasteiger charge is -2.03. The molecule has 1 radical (unpaired) electrons. The maximum Gasteiger partial charge on any atom is 0.0908 e. The molecule has 1 aromatic heterocycles. The van der Waals surface area contributed by atoms with Crippen LogP contribution >= 0.6 is 11.3 Å². The van der Waals surface area contributed by atoms with Crippen LogP contribution in [-0.2, 0) is 0 Å². The van der Waals surface area contributed by atoms with Crippen molar-refractivity contribution >= 4 is 27.6 Å². The molecule has 2 aromatic rings. The van der Waals surface area contributed by atoms with E-state index in [9.17, 15) is 0 Å². The standard InChI is InChI=1S/C13H14NS/c1-5-6-11-7-8(2)9(3)12-13(11)15-10(4)14-12/h5-7H,1H2,2-4H3. The summed E-state index contributed by atoms with van der Waals surface area (Å²) in [7, 11) is 0. The van der Waals surface area contributed by atoms with Crippen LogP contribution in [0.25, 0.3) is 16.3 Å². The SMILES string of the molecule is [CH2]C=Cc1cc(C)c(C)c2nc(C)sc12. The molecular formula is C13H14NS. The highest BCUT2D eigenvalue weighted by Gasteiger charge is 2.09. The van der Waals surface area contributed by atoms with E-state index in [0.29, 0.717) is 0 Å². The van der Waals surface area contributed by atoms with Crippen LogP contribution in [0.15, 0.2) is 12.1 Å². The number of nitrogens with zero attached hydrogens (tertiary/aromatic N) is 1. The van der Waals surface area contributed by atoms with E-state index in [4.69, 9.17) is 0 Å². The normalized spacial score (nSPS) is 11.7. The fourth-order valence-corrected chi connectivity index (χ4v) is 2.69. The highest BCUT2D eigenvalue weighted by molar-refractivity contribution is 7.18. The third-order valence-corrected chi connectivity index (χ3v) is 3.63. The second kappa shape index (κ2) is 3.78. The molecule has 15 heavy (non-hydrogen) atoms. The van der Waals surface area contributed by atoms with Gasteiger partial charge in [0.25, 0.3) is 0 Å². The van der Waals surface area contributed by atoms with Gasteiger partial charge in [0.2, 0.25) is 0 Å². The van der Waals surface area contributed by atoms with Crippen molar-refractivity contribution < 1.29 is 0 Å². The molecule has 0 aliphatic rings. The van der Waals surface area contributed by atoms with Crippen LogP contribution in [0, 0.1) is 27.7 Å². The number of aromatic nitrogens is 1. The molecular weight excluding hydrogens is 202 g/mol. The van der Waals surface area contributed by atoms with E-state index in [1.807, 2.05) is 12.2 Å². The molecule has 0 aliphatic carbocycles. The minimum atomic E-state index is 1.12. The van der Waals surface area contributed by atoms with Crippen molar-refractivity contribution in [2.75, 3.05) is 0 Å². The van der Waals surface area contributed by atoms with Crippen LogP contribution in [0.3, 0.4) is 0 Å². The number of benzene rings is 1.